The summed E-state index contributed by atoms with van der Waals surface area (Å²) in [5.41, 5.74) is 11.4. The second-order valence-electron chi connectivity index (χ2n) is 4.25. The maximum absolute atomic E-state index is 5.54. The van der Waals surface area contributed by atoms with Crippen molar-refractivity contribution in [2.75, 3.05) is 13.1 Å². The van der Waals surface area contributed by atoms with Crippen molar-refractivity contribution in [2.45, 2.75) is 33.6 Å². The Balaban J connectivity index is 3.70. The summed E-state index contributed by atoms with van der Waals surface area (Å²) in [6.45, 7) is 8.27. The van der Waals surface area contributed by atoms with Gasteiger partial charge in [-0.1, -0.05) is 20.8 Å². The van der Waals surface area contributed by atoms with E-state index in [0.29, 0.717) is 11.3 Å². The molecule has 0 unspecified atom stereocenters. The molecular formula is C9H22N2. The van der Waals surface area contributed by atoms with Crippen LogP contribution in [-0.2, 0) is 0 Å². The van der Waals surface area contributed by atoms with Crippen LogP contribution >= 0.6 is 0 Å². The molecule has 0 aliphatic carbocycles. The zero-order valence-corrected chi connectivity index (χ0v) is 8.06. The normalized spacial score (nSPS) is 15.0. The smallest absolute Gasteiger partial charge is 0.00513 e. The first-order valence-corrected chi connectivity index (χ1v) is 4.42. The number of hydrogen-bond donors (Lipinski definition) is 2. The Kier molecular flexibility index (Phi) is 4.69. The third kappa shape index (κ3) is 5.22. The van der Waals surface area contributed by atoms with Crippen molar-refractivity contribution in [3.8, 4) is 0 Å². The molecule has 0 saturated carbocycles. The van der Waals surface area contributed by atoms with Crippen LogP contribution < -0.4 is 11.5 Å². The highest BCUT2D eigenvalue weighted by atomic mass is 14.6. The van der Waals surface area contributed by atoms with E-state index in [-0.39, 0.29) is 0 Å². The Bertz CT molecular complexity index is 99.7. The van der Waals surface area contributed by atoms with E-state index < -0.39 is 0 Å². The topological polar surface area (TPSA) is 52.0 Å². The monoisotopic (exact) mass is 158 g/mol. The van der Waals surface area contributed by atoms with Gasteiger partial charge in [0.25, 0.3) is 0 Å². The van der Waals surface area contributed by atoms with Crippen LogP contribution in [0.15, 0.2) is 0 Å². The van der Waals surface area contributed by atoms with Gasteiger partial charge in [0.05, 0.1) is 0 Å². The fraction of sp³-hybridized carbons (Fsp3) is 1.00. The molecular weight excluding hydrogens is 136 g/mol. The SMILES string of the molecule is C[C@H](CN)CC(C)(C)CCN. The van der Waals surface area contributed by atoms with E-state index in [9.17, 15) is 0 Å². The van der Waals surface area contributed by atoms with Crippen molar-refractivity contribution in [1.29, 1.82) is 0 Å². The zero-order chi connectivity index (χ0) is 8.91. The highest BCUT2D eigenvalue weighted by Gasteiger charge is 2.19. The van der Waals surface area contributed by atoms with Crippen molar-refractivity contribution in [1.82, 2.24) is 0 Å². The Labute approximate surface area is 70.3 Å². The van der Waals surface area contributed by atoms with Gasteiger partial charge in [0.2, 0.25) is 0 Å². The third-order valence-electron chi connectivity index (χ3n) is 2.12. The molecule has 0 aromatic carbocycles. The van der Waals surface area contributed by atoms with Gasteiger partial charge in [0.1, 0.15) is 0 Å². The van der Waals surface area contributed by atoms with E-state index in [1.807, 2.05) is 0 Å². The number of hydrogen-bond acceptors (Lipinski definition) is 2. The predicted molar refractivity (Wildman–Crippen MR) is 50.3 cm³/mol. The molecule has 0 radical (unpaired) electrons. The standard InChI is InChI=1S/C9H22N2/c1-8(7-11)6-9(2,3)4-5-10/h8H,4-7,10-11H2,1-3H3/t8-/m0/s1. The first kappa shape index (κ1) is 10.9. The van der Waals surface area contributed by atoms with Crippen molar-refractivity contribution < 1.29 is 0 Å². The van der Waals surface area contributed by atoms with Gasteiger partial charge in [-0.2, -0.15) is 0 Å². The van der Waals surface area contributed by atoms with E-state index in [0.717, 1.165) is 19.5 Å². The Morgan fingerprint density at radius 3 is 2.18 bits per heavy atom. The molecule has 0 rings (SSSR count). The van der Waals surface area contributed by atoms with Gasteiger partial charge < -0.3 is 11.5 Å². The van der Waals surface area contributed by atoms with E-state index >= 15 is 0 Å². The fourth-order valence-electron chi connectivity index (χ4n) is 1.52. The summed E-state index contributed by atoms with van der Waals surface area (Å²) in [6, 6.07) is 0. The second kappa shape index (κ2) is 4.73. The minimum Gasteiger partial charge on any atom is -0.330 e. The molecule has 0 aromatic heterocycles. The highest BCUT2D eigenvalue weighted by Crippen LogP contribution is 2.27. The van der Waals surface area contributed by atoms with Crippen molar-refractivity contribution >= 4 is 0 Å². The predicted octanol–water partition coefficient (Wildman–Crippen LogP) is 1.35. The third-order valence-corrected chi connectivity index (χ3v) is 2.12. The van der Waals surface area contributed by atoms with Gasteiger partial charge in [0, 0.05) is 0 Å². The minimum atomic E-state index is 0.369. The molecule has 0 saturated heterocycles. The van der Waals surface area contributed by atoms with Crippen LogP contribution in [0.2, 0.25) is 0 Å². The van der Waals surface area contributed by atoms with Gasteiger partial charge in [-0.15, -0.1) is 0 Å². The summed E-state index contributed by atoms with van der Waals surface area (Å²) >= 11 is 0. The van der Waals surface area contributed by atoms with Crippen LogP contribution in [0.5, 0.6) is 0 Å². The summed E-state index contributed by atoms with van der Waals surface area (Å²) in [5.74, 6) is 0.622. The zero-order valence-electron chi connectivity index (χ0n) is 8.06. The Hall–Kier alpha value is -0.0800. The molecule has 0 fully saturated rings. The van der Waals surface area contributed by atoms with Gasteiger partial charge >= 0.3 is 0 Å². The lowest BCUT2D eigenvalue weighted by Crippen LogP contribution is -2.23. The molecule has 4 N–H and O–H groups in total. The molecule has 1 atom stereocenters. The number of nitrogens with two attached hydrogens (primary N) is 2. The average molecular weight is 158 g/mol. The lowest BCUT2D eigenvalue weighted by atomic mass is 9.81. The lowest BCUT2D eigenvalue weighted by Gasteiger charge is -2.26. The van der Waals surface area contributed by atoms with Gasteiger partial charge in [0.15, 0.2) is 0 Å². The van der Waals surface area contributed by atoms with Crippen molar-refractivity contribution in [2.24, 2.45) is 22.8 Å². The highest BCUT2D eigenvalue weighted by molar-refractivity contribution is 4.72. The molecule has 2 heteroatoms. The Morgan fingerprint density at radius 1 is 1.27 bits per heavy atom. The maximum Gasteiger partial charge on any atom is -0.00513 e. The molecule has 68 valence electrons. The molecule has 0 spiro atoms. The molecule has 11 heavy (non-hydrogen) atoms. The Morgan fingerprint density at radius 2 is 1.82 bits per heavy atom. The molecule has 0 heterocycles. The van der Waals surface area contributed by atoms with Crippen molar-refractivity contribution in [3.63, 3.8) is 0 Å². The van der Waals surface area contributed by atoms with Crippen LogP contribution in [0.1, 0.15) is 33.6 Å². The van der Waals surface area contributed by atoms with Crippen LogP contribution in [-0.4, -0.2) is 13.1 Å². The van der Waals surface area contributed by atoms with E-state index in [4.69, 9.17) is 11.5 Å². The second-order valence-corrected chi connectivity index (χ2v) is 4.25. The molecule has 2 nitrogen and oxygen atoms in total. The quantitative estimate of drug-likeness (QED) is 0.634. The molecule has 0 aliphatic heterocycles. The van der Waals surface area contributed by atoms with Gasteiger partial charge in [-0.3, -0.25) is 0 Å². The summed E-state index contributed by atoms with van der Waals surface area (Å²) in [5, 5.41) is 0. The summed E-state index contributed by atoms with van der Waals surface area (Å²) in [4.78, 5) is 0. The molecule has 0 aromatic rings. The number of rotatable bonds is 5. The fourth-order valence-corrected chi connectivity index (χ4v) is 1.52. The van der Waals surface area contributed by atoms with E-state index in [2.05, 4.69) is 20.8 Å². The van der Waals surface area contributed by atoms with Crippen molar-refractivity contribution in [3.05, 3.63) is 0 Å². The van der Waals surface area contributed by atoms with E-state index in [1.165, 1.54) is 6.42 Å². The first-order valence-electron chi connectivity index (χ1n) is 4.42. The van der Waals surface area contributed by atoms with Crippen LogP contribution in [0.3, 0.4) is 0 Å². The minimum absolute atomic E-state index is 0.369. The summed E-state index contributed by atoms with van der Waals surface area (Å²) < 4.78 is 0. The summed E-state index contributed by atoms with van der Waals surface area (Å²) in [7, 11) is 0. The lowest BCUT2D eigenvalue weighted by molar-refractivity contribution is 0.264. The molecule has 0 amide bonds. The molecule has 0 aliphatic rings. The first-order chi connectivity index (χ1) is 5.02. The largest absolute Gasteiger partial charge is 0.330 e. The van der Waals surface area contributed by atoms with Crippen LogP contribution in [0.4, 0.5) is 0 Å². The van der Waals surface area contributed by atoms with Gasteiger partial charge in [-0.25, -0.2) is 0 Å². The summed E-state index contributed by atoms with van der Waals surface area (Å²) in [6.07, 6.45) is 2.28. The molecule has 0 bridgehead atoms. The van der Waals surface area contributed by atoms with Gasteiger partial charge in [-0.05, 0) is 37.3 Å². The van der Waals surface area contributed by atoms with E-state index in [1.54, 1.807) is 0 Å². The average Bonchev–Trinajstić information content (AvgIpc) is 1.86. The van der Waals surface area contributed by atoms with Crippen LogP contribution in [0, 0.1) is 11.3 Å². The maximum atomic E-state index is 5.54. The van der Waals surface area contributed by atoms with Crippen LogP contribution in [0.25, 0.3) is 0 Å².